The lowest BCUT2D eigenvalue weighted by molar-refractivity contribution is -0.138. The quantitative estimate of drug-likeness (QED) is 0.0917. The molecule has 0 aliphatic rings. The summed E-state index contributed by atoms with van der Waals surface area (Å²) in [5, 5.41) is 22.6. The molecule has 10 nitrogen and oxygen atoms in total. The molecule has 0 radical (unpaired) electrons. The molecule has 0 heterocycles. The molecule has 0 bridgehead atoms. The second-order valence-corrected chi connectivity index (χ2v) is 4.81. The number of carboxylic acids is 1. The number of aliphatic carboxylic acids is 1. The Labute approximate surface area is 133 Å². The number of amides is 2. The molecule has 22 heavy (non-hydrogen) atoms. The lowest BCUT2D eigenvalue weighted by Gasteiger charge is -2.18. The predicted octanol–water partition coefficient (Wildman–Crippen LogP) is -2.81. The molecule has 9 N–H and O–H groups in total. The molecule has 0 fully saturated rings. The highest BCUT2D eigenvalue weighted by Gasteiger charge is 2.22. The first-order chi connectivity index (χ1) is 10.3. The molecule has 0 aromatic rings. The van der Waals surface area contributed by atoms with Crippen molar-refractivity contribution in [3.63, 3.8) is 0 Å². The first-order valence-corrected chi connectivity index (χ1v) is 7.15. The summed E-state index contributed by atoms with van der Waals surface area (Å²) in [6.45, 7) is -0.132. The summed E-state index contributed by atoms with van der Waals surface area (Å²) in [5.41, 5.74) is 10.8. The Morgan fingerprint density at radius 3 is 2.36 bits per heavy atom. The number of thiol groups is 1. The first-order valence-electron chi connectivity index (χ1n) is 6.52. The van der Waals surface area contributed by atoms with Gasteiger partial charge in [-0.05, 0) is 12.8 Å². The Bertz CT molecular complexity index is 419. The van der Waals surface area contributed by atoms with E-state index in [-0.39, 0.29) is 11.7 Å². The minimum Gasteiger partial charge on any atom is -0.480 e. The standard InChI is InChI=1S/C11H22N6O4S/c12-6(2-1-3-15-11(13)14)9(20)17-7(5-22)10(21)16-4-8(18)19/h6-7,22H,1-5,12H2,(H,16,21)(H,17,20)(H,18,19)(H4,13,14,15)/t6-,7-/m0/s1. The van der Waals surface area contributed by atoms with Crippen LogP contribution in [0.1, 0.15) is 12.8 Å². The number of carbonyl (C=O) groups is 3. The molecule has 0 spiro atoms. The molecule has 0 rings (SSSR count). The third-order valence-electron chi connectivity index (χ3n) is 2.57. The van der Waals surface area contributed by atoms with E-state index in [1.165, 1.54) is 0 Å². The highest BCUT2D eigenvalue weighted by molar-refractivity contribution is 7.80. The molecule has 0 aromatic carbocycles. The van der Waals surface area contributed by atoms with Crippen molar-refractivity contribution >= 4 is 36.4 Å². The average molecular weight is 334 g/mol. The summed E-state index contributed by atoms with van der Waals surface area (Å²) in [4.78, 5) is 33.8. The van der Waals surface area contributed by atoms with Gasteiger partial charge in [-0.3, -0.25) is 19.8 Å². The Balaban J connectivity index is 4.19. The molecule has 0 saturated carbocycles. The van der Waals surface area contributed by atoms with Crippen molar-refractivity contribution in [2.75, 3.05) is 18.8 Å². The summed E-state index contributed by atoms with van der Waals surface area (Å²) < 4.78 is 0. The molecule has 0 aromatic heterocycles. The second kappa shape index (κ2) is 10.7. The highest BCUT2D eigenvalue weighted by atomic mass is 32.1. The van der Waals surface area contributed by atoms with Crippen molar-refractivity contribution in [1.82, 2.24) is 16.0 Å². The van der Waals surface area contributed by atoms with Gasteiger partial charge in [0.1, 0.15) is 12.6 Å². The molecule has 126 valence electrons. The maximum Gasteiger partial charge on any atom is 0.322 e. The zero-order valence-corrected chi connectivity index (χ0v) is 12.9. The number of carboxylic acid groups (broad SMARTS) is 1. The molecule has 11 heteroatoms. The van der Waals surface area contributed by atoms with Crippen molar-refractivity contribution in [3.05, 3.63) is 0 Å². The average Bonchev–Trinajstić information content (AvgIpc) is 2.45. The van der Waals surface area contributed by atoms with Crippen LogP contribution in [0.2, 0.25) is 0 Å². The van der Waals surface area contributed by atoms with Crippen LogP contribution < -0.4 is 27.4 Å². The summed E-state index contributed by atoms with van der Waals surface area (Å²) >= 11 is 3.94. The first kappa shape index (κ1) is 20.0. The fourth-order valence-electron chi connectivity index (χ4n) is 1.43. The van der Waals surface area contributed by atoms with Crippen LogP contribution in [0, 0.1) is 5.41 Å². The number of rotatable bonds is 10. The van der Waals surface area contributed by atoms with Crippen LogP contribution in [-0.4, -0.2) is 59.8 Å². The lowest BCUT2D eigenvalue weighted by Crippen LogP contribution is -2.53. The monoisotopic (exact) mass is 334 g/mol. The number of nitrogens with two attached hydrogens (primary N) is 2. The number of carbonyl (C=O) groups excluding carboxylic acids is 2. The Morgan fingerprint density at radius 1 is 1.23 bits per heavy atom. The third kappa shape index (κ3) is 9.02. The van der Waals surface area contributed by atoms with Crippen LogP contribution in [0.25, 0.3) is 0 Å². The van der Waals surface area contributed by atoms with Gasteiger partial charge < -0.3 is 32.5 Å². The molecule has 2 amide bonds. The summed E-state index contributed by atoms with van der Waals surface area (Å²) in [6, 6.07) is -1.79. The van der Waals surface area contributed by atoms with E-state index in [1.54, 1.807) is 0 Å². The smallest absolute Gasteiger partial charge is 0.322 e. The van der Waals surface area contributed by atoms with Crippen molar-refractivity contribution in [1.29, 1.82) is 5.41 Å². The maximum absolute atomic E-state index is 11.8. The van der Waals surface area contributed by atoms with Crippen LogP contribution >= 0.6 is 12.6 Å². The van der Waals surface area contributed by atoms with E-state index in [1.807, 2.05) is 0 Å². The van der Waals surface area contributed by atoms with Gasteiger partial charge >= 0.3 is 5.97 Å². The molecule has 0 aliphatic heterocycles. The van der Waals surface area contributed by atoms with Gasteiger partial charge in [0.25, 0.3) is 0 Å². The van der Waals surface area contributed by atoms with E-state index in [0.29, 0.717) is 19.4 Å². The van der Waals surface area contributed by atoms with Gasteiger partial charge in [-0.1, -0.05) is 0 Å². The molecule has 2 atom stereocenters. The zero-order valence-electron chi connectivity index (χ0n) is 12.0. The summed E-state index contributed by atoms with van der Waals surface area (Å²) in [6.07, 6.45) is 0.854. The van der Waals surface area contributed by atoms with Gasteiger partial charge in [-0.15, -0.1) is 0 Å². The third-order valence-corrected chi connectivity index (χ3v) is 2.94. The number of hydrogen-bond acceptors (Lipinski definition) is 6. The van der Waals surface area contributed by atoms with E-state index >= 15 is 0 Å². The Hall–Kier alpha value is -2.01. The Kier molecular flexibility index (Phi) is 9.70. The van der Waals surface area contributed by atoms with Crippen LogP contribution in [0.15, 0.2) is 0 Å². The van der Waals surface area contributed by atoms with Crippen molar-refractivity contribution < 1.29 is 19.5 Å². The number of guanidine groups is 1. The Morgan fingerprint density at radius 2 is 1.86 bits per heavy atom. The van der Waals surface area contributed by atoms with Gasteiger partial charge in [0.15, 0.2) is 5.96 Å². The van der Waals surface area contributed by atoms with Crippen molar-refractivity contribution in [3.8, 4) is 0 Å². The van der Waals surface area contributed by atoms with Gasteiger partial charge in [0.05, 0.1) is 6.04 Å². The fraction of sp³-hybridized carbons (Fsp3) is 0.636. The number of nitrogens with one attached hydrogen (secondary N) is 4. The molecule has 0 aliphatic carbocycles. The zero-order chi connectivity index (χ0) is 17.1. The predicted molar refractivity (Wildman–Crippen MR) is 83.6 cm³/mol. The van der Waals surface area contributed by atoms with Gasteiger partial charge in [0, 0.05) is 12.3 Å². The largest absolute Gasteiger partial charge is 0.480 e. The van der Waals surface area contributed by atoms with Crippen LogP contribution in [0.3, 0.4) is 0 Å². The van der Waals surface area contributed by atoms with Crippen molar-refractivity contribution in [2.24, 2.45) is 11.5 Å². The normalized spacial score (nSPS) is 12.8. The minimum atomic E-state index is -1.19. The van der Waals surface area contributed by atoms with Gasteiger partial charge in [-0.2, -0.15) is 12.6 Å². The SMILES string of the molecule is N=C(N)NCCC[C@H](N)C(=O)N[C@@H](CS)C(=O)NCC(=O)O. The van der Waals surface area contributed by atoms with Gasteiger partial charge in [-0.25, -0.2) is 0 Å². The second-order valence-electron chi connectivity index (χ2n) is 4.44. The van der Waals surface area contributed by atoms with E-state index in [4.69, 9.17) is 22.0 Å². The molecule has 0 saturated heterocycles. The van der Waals surface area contributed by atoms with Crippen LogP contribution in [-0.2, 0) is 14.4 Å². The highest BCUT2D eigenvalue weighted by Crippen LogP contribution is 1.96. The topological polar surface area (TPSA) is 183 Å². The van der Waals surface area contributed by atoms with E-state index in [9.17, 15) is 14.4 Å². The van der Waals surface area contributed by atoms with E-state index < -0.39 is 36.4 Å². The summed E-state index contributed by atoms with van der Waals surface area (Å²) in [5.74, 6) is -2.52. The fourth-order valence-corrected chi connectivity index (χ4v) is 1.69. The molecular formula is C11H22N6O4S. The van der Waals surface area contributed by atoms with E-state index in [0.717, 1.165) is 0 Å². The lowest BCUT2D eigenvalue weighted by atomic mass is 10.1. The molecule has 0 unspecified atom stereocenters. The van der Waals surface area contributed by atoms with Crippen molar-refractivity contribution in [2.45, 2.75) is 24.9 Å². The van der Waals surface area contributed by atoms with Gasteiger partial charge in [0.2, 0.25) is 11.8 Å². The summed E-state index contributed by atoms with van der Waals surface area (Å²) in [7, 11) is 0. The van der Waals surface area contributed by atoms with E-state index in [2.05, 4.69) is 28.6 Å². The van der Waals surface area contributed by atoms with Crippen LogP contribution in [0.4, 0.5) is 0 Å². The number of hydrogen-bond donors (Lipinski definition) is 8. The van der Waals surface area contributed by atoms with Crippen LogP contribution in [0.5, 0.6) is 0 Å². The maximum atomic E-state index is 11.8. The minimum absolute atomic E-state index is 0.00973. The molecular weight excluding hydrogens is 312 g/mol.